The van der Waals surface area contributed by atoms with Crippen LogP contribution in [0.4, 0.5) is 0 Å². The zero-order valence-electron chi connectivity index (χ0n) is 10.4. The highest BCUT2D eigenvalue weighted by Crippen LogP contribution is 2.73. The maximum atomic E-state index is 10.3. The Morgan fingerprint density at radius 2 is 2.17 bits per heavy atom. The number of aromatic nitrogens is 1. The molecule has 0 amide bonds. The van der Waals surface area contributed by atoms with Crippen LogP contribution >= 0.6 is 0 Å². The standard InChI is InChI=1S/C14H17NO3/c1-3-5-15-12(16)9-7-6-8(10(9)13(15)17)14(4-2)11(7)18-14/h3,7-8,11,16-17H,1,4-6H2,2H3. The summed E-state index contributed by atoms with van der Waals surface area (Å²) in [6, 6.07) is 0. The molecule has 96 valence electrons. The lowest BCUT2D eigenvalue weighted by molar-refractivity contribution is 0.219. The molecule has 1 saturated heterocycles. The molecule has 4 atom stereocenters. The van der Waals surface area contributed by atoms with Gasteiger partial charge >= 0.3 is 0 Å². The van der Waals surface area contributed by atoms with E-state index in [1.54, 1.807) is 10.6 Å². The first-order chi connectivity index (χ1) is 8.65. The van der Waals surface area contributed by atoms with Gasteiger partial charge in [-0.2, -0.15) is 0 Å². The minimum atomic E-state index is -0.0536. The van der Waals surface area contributed by atoms with Gasteiger partial charge in [0.15, 0.2) is 11.8 Å². The van der Waals surface area contributed by atoms with E-state index in [0.29, 0.717) is 6.54 Å². The Morgan fingerprint density at radius 1 is 1.44 bits per heavy atom. The van der Waals surface area contributed by atoms with Crippen LogP contribution in [0.15, 0.2) is 12.7 Å². The van der Waals surface area contributed by atoms with E-state index >= 15 is 0 Å². The SMILES string of the molecule is C=CCn1c(O)c2c(c1O)C1CC2C2OC12CC. The molecular weight excluding hydrogens is 230 g/mol. The summed E-state index contributed by atoms with van der Waals surface area (Å²) in [6.07, 6.45) is 3.93. The molecule has 1 aromatic heterocycles. The van der Waals surface area contributed by atoms with Gasteiger partial charge in [-0.15, -0.1) is 6.58 Å². The Morgan fingerprint density at radius 3 is 2.83 bits per heavy atom. The Hall–Kier alpha value is -1.42. The second kappa shape index (κ2) is 2.94. The summed E-state index contributed by atoms with van der Waals surface area (Å²) < 4.78 is 7.42. The third-order valence-corrected chi connectivity index (χ3v) is 5.08. The van der Waals surface area contributed by atoms with Crippen molar-refractivity contribution in [2.45, 2.75) is 49.9 Å². The lowest BCUT2D eigenvalue weighted by Crippen LogP contribution is -2.20. The van der Waals surface area contributed by atoms with Crippen LogP contribution < -0.4 is 0 Å². The Kier molecular flexibility index (Phi) is 1.71. The first-order valence-electron chi connectivity index (χ1n) is 6.58. The van der Waals surface area contributed by atoms with E-state index in [2.05, 4.69) is 13.5 Å². The van der Waals surface area contributed by atoms with E-state index < -0.39 is 0 Å². The zero-order chi connectivity index (χ0) is 12.7. The summed E-state index contributed by atoms with van der Waals surface area (Å²) in [5, 5.41) is 20.6. The van der Waals surface area contributed by atoms with Gasteiger partial charge in [0.25, 0.3) is 0 Å². The van der Waals surface area contributed by atoms with Gasteiger partial charge in [-0.1, -0.05) is 13.0 Å². The fourth-order valence-corrected chi connectivity index (χ4v) is 4.29. The molecule has 4 unspecified atom stereocenters. The normalized spacial score (nSPS) is 38.6. The summed E-state index contributed by atoms with van der Waals surface area (Å²) >= 11 is 0. The fraction of sp³-hybridized carbons (Fsp3) is 0.571. The molecule has 2 heterocycles. The maximum Gasteiger partial charge on any atom is 0.198 e. The van der Waals surface area contributed by atoms with Crippen LogP contribution in [0, 0.1) is 0 Å². The number of rotatable bonds is 3. The van der Waals surface area contributed by atoms with Crippen molar-refractivity contribution in [2.24, 2.45) is 0 Å². The molecule has 3 aliphatic rings. The fourth-order valence-electron chi connectivity index (χ4n) is 4.29. The molecule has 4 rings (SSSR count). The predicted molar refractivity (Wildman–Crippen MR) is 66.0 cm³/mol. The van der Waals surface area contributed by atoms with Gasteiger partial charge in [0, 0.05) is 29.5 Å². The van der Waals surface area contributed by atoms with Crippen molar-refractivity contribution in [3.8, 4) is 11.8 Å². The summed E-state index contributed by atoms with van der Waals surface area (Å²) in [7, 11) is 0. The van der Waals surface area contributed by atoms with Crippen molar-refractivity contribution in [1.82, 2.24) is 4.57 Å². The summed E-state index contributed by atoms with van der Waals surface area (Å²) in [4.78, 5) is 0. The van der Waals surface area contributed by atoms with Crippen molar-refractivity contribution in [1.29, 1.82) is 0 Å². The van der Waals surface area contributed by atoms with Crippen LogP contribution in [0.2, 0.25) is 0 Å². The van der Waals surface area contributed by atoms with Crippen LogP contribution in [0.1, 0.15) is 42.7 Å². The van der Waals surface area contributed by atoms with Crippen molar-refractivity contribution in [2.75, 3.05) is 0 Å². The van der Waals surface area contributed by atoms with Gasteiger partial charge in [-0.3, -0.25) is 4.57 Å². The lowest BCUT2D eigenvalue weighted by atomic mass is 9.83. The van der Waals surface area contributed by atoms with E-state index in [4.69, 9.17) is 4.74 Å². The highest BCUT2D eigenvalue weighted by atomic mass is 16.6. The number of aromatic hydroxyl groups is 2. The Balaban J connectivity index is 1.89. The van der Waals surface area contributed by atoms with Gasteiger partial charge in [0.05, 0.1) is 6.10 Å². The van der Waals surface area contributed by atoms with E-state index in [0.717, 1.165) is 24.0 Å². The third kappa shape index (κ3) is 0.870. The van der Waals surface area contributed by atoms with Crippen LogP contribution in [0.25, 0.3) is 0 Å². The lowest BCUT2D eigenvalue weighted by Gasteiger charge is -2.17. The largest absolute Gasteiger partial charge is 0.494 e. The van der Waals surface area contributed by atoms with Crippen molar-refractivity contribution < 1.29 is 14.9 Å². The molecule has 4 nitrogen and oxygen atoms in total. The molecule has 0 radical (unpaired) electrons. The smallest absolute Gasteiger partial charge is 0.198 e. The number of hydrogen-bond donors (Lipinski definition) is 2. The molecule has 0 aromatic carbocycles. The quantitative estimate of drug-likeness (QED) is 0.636. The molecule has 2 N–H and O–H groups in total. The molecule has 2 bridgehead atoms. The number of epoxide rings is 1. The Bertz CT molecular complexity index is 562. The highest BCUT2D eigenvalue weighted by Gasteiger charge is 2.74. The van der Waals surface area contributed by atoms with Crippen molar-refractivity contribution >= 4 is 0 Å². The highest BCUT2D eigenvalue weighted by molar-refractivity contribution is 5.60. The van der Waals surface area contributed by atoms with Crippen LogP contribution in [0.5, 0.6) is 11.8 Å². The number of nitrogens with zero attached hydrogens (tertiary/aromatic N) is 1. The minimum Gasteiger partial charge on any atom is -0.494 e. The predicted octanol–water partition coefficient (Wildman–Crippen LogP) is 2.22. The van der Waals surface area contributed by atoms with Crippen LogP contribution in [-0.2, 0) is 11.3 Å². The molecular formula is C14H17NO3. The van der Waals surface area contributed by atoms with E-state index in [1.165, 1.54) is 0 Å². The molecule has 1 saturated carbocycles. The van der Waals surface area contributed by atoms with E-state index in [9.17, 15) is 10.2 Å². The number of hydrogen-bond acceptors (Lipinski definition) is 3. The molecule has 0 spiro atoms. The minimum absolute atomic E-state index is 0.0536. The van der Waals surface area contributed by atoms with Gasteiger partial charge < -0.3 is 14.9 Å². The summed E-state index contributed by atoms with van der Waals surface area (Å²) in [6.45, 7) is 6.24. The zero-order valence-corrected chi connectivity index (χ0v) is 10.4. The van der Waals surface area contributed by atoms with Crippen LogP contribution in [0.3, 0.4) is 0 Å². The van der Waals surface area contributed by atoms with Gasteiger partial charge in [-0.05, 0) is 12.8 Å². The molecule has 2 aliphatic carbocycles. The van der Waals surface area contributed by atoms with Gasteiger partial charge in [0.1, 0.15) is 5.60 Å². The van der Waals surface area contributed by atoms with Crippen molar-refractivity contribution in [3.63, 3.8) is 0 Å². The Labute approximate surface area is 105 Å². The number of ether oxygens (including phenoxy) is 1. The maximum absolute atomic E-state index is 10.3. The molecule has 1 aliphatic heterocycles. The molecule has 2 fully saturated rings. The summed E-state index contributed by atoms with van der Waals surface area (Å²) in [5.41, 5.74) is 1.79. The van der Waals surface area contributed by atoms with Gasteiger partial charge in [-0.25, -0.2) is 0 Å². The average Bonchev–Trinajstić information content (AvgIpc) is 2.80. The molecule has 1 aromatic rings. The topological polar surface area (TPSA) is 57.9 Å². The first-order valence-corrected chi connectivity index (χ1v) is 6.58. The van der Waals surface area contributed by atoms with Crippen LogP contribution in [-0.4, -0.2) is 26.5 Å². The number of allylic oxidation sites excluding steroid dienone is 1. The first kappa shape index (κ1) is 10.5. The second-order valence-electron chi connectivity index (χ2n) is 5.62. The second-order valence-corrected chi connectivity index (χ2v) is 5.62. The monoisotopic (exact) mass is 247 g/mol. The molecule has 4 heteroatoms. The van der Waals surface area contributed by atoms with Gasteiger partial charge in [0.2, 0.25) is 0 Å². The summed E-state index contributed by atoms with van der Waals surface area (Å²) in [5.74, 6) is 0.929. The molecule has 18 heavy (non-hydrogen) atoms. The van der Waals surface area contributed by atoms with E-state index in [-0.39, 0.29) is 35.3 Å². The average molecular weight is 247 g/mol. The third-order valence-electron chi connectivity index (χ3n) is 5.08. The van der Waals surface area contributed by atoms with E-state index in [1.807, 2.05) is 0 Å². The number of fused-ring (bicyclic) bond motifs is 8. The van der Waals surface area contributed by atoms with Crippen molar-refractivity contribution in [3.05, 3.63) is 23.8 Å².